The summed E-state index contributed by atoms with van der Waals surface area (Å²) in [7, 11) is 4.13. The van der Waals surface area contributed by atoms with Gasteiger partial charge in [-0.25, -0.2) is 0 Å². The van der Waals surface area contributed by atoms with E-state index in [1.807, 2.05) is 0 Å². The molecule has 2 aromatic carbocycles. The summed E-state index contributed by atoms with van der Waals surface area (Å²) in [4.78, 5) is 4.49. The number of rotatable bonds is 5. The van der Waals surface area contributed by atoms with E-state index in [0.29, 0.717) is 0 Å². The van der Waals surface area contributed by atoms with Gasteiger partial charge in [0.1, 0.15) is 0 Å². The number of hydrogen-bond donors (Lipinski definition) is 0. The average Bonchev–Trinajstić information content (AvgIpc) is 2.49. The molecule has 0 aromatic heterocycles. The van der Waals surface area contributed by atoms with Gasteiger partial charge in [-0.05, 0) is 49.2 Å². The Hall–Kier alpha value is -1.96. The van der Waals surface area contributed by atoms with Gasteiger partial charge in [0.2, 0.25) is 0 Å². The fraction of sp³-hybridized carbons (Fsp3) is 0.333. The Morgan fingerprint density at radius 3 is 1.95 bits per heavy atom. The molecule has 2 heteroatoms. The number of anilines is 2. The van der Waals surface area contributed by atoms with Gasteiger partial charge in [-0.15, -0.1) is 0 Å². The van der Waals surface area contributed by atoms with Crippen LogP contribution in [-0.2, 0) is 0 Å². The lowest BCUT2D eigenvalue weighted by molar-refractivity contribution is 0.866. The van der Waals surface area contributed by atoms with Crippen molar-refractivity contribution < 1.29 is 0 Å². The van der Waals surface area contributed by atoms with Crippen LogP contribution >= 0.6 is 0 Å². The molecule has 106 valence electrons. The fourth-order valence-corrected chi connectivity index (χ4v) is 2.42. The van der Waals surface area contributed by atoms with Gasteiger partial charge in [0, 0.05) is 38.6 Å². The molecule has 0 aliphatic heterocycles. The van der Waals surface area contributed by atoms with E-state index in [4.69, 9.17) is 0 Å². The molecule has 0 fully saturated rings. The first kappa shape index (κ1) is 14.4. The lowest BCUT2D eigenvalue weighted by Crippen LogP contribution is -2.21. The van der Waals surface area contributed by atoms with Gasteiger partial charge in [-0.3, -0.25) is 0 Å². The molecule has 2 aromatic rings. The Bertz CT molecular complexity index is 540. The van der Waals surface area contributed by atoms with Crippen molar-refractivity contribution in [1.29, 1.82) is 0 Å². The zero-order valence-electron chi connectivity index (χ0n) is 12.9. The summed E-state index contributed by atoms with van der Waals surface area (Å²) in [6.07, 6.45) is 0. The summed E-state index contributed by atoms with van der Waals surface area (Å²) in [5, 5.41) is 0. The Labute approximate surface area is 122 Å². The van der Waals surface area contributed by atoms with E-state index >= 15 is 0 Å². The maximum absolute atomic E-state index is 2.37. The fourth-order valence-electron chi connectivity index (χ4n) is 2.42. The van der Waals surface area contributed by atoms with Gasteiger partial charge in [0.25, 0.3) is 0 Å². The van der Waals surface area contributed by atoms with Crippen LogP contribution in [0.4, 0.5) is 11.4 Å². The lowest BCUT2D eigenvalue weighted by atomic mass is 10.0. The molecule has 0 spiro atoms. The van der Waals surface area contributed by atoms with E-state index < -0.39 is 0 Å². The van der Waals surface area contributed by atoms with Crippen molar-refractivity contribution in [3.63, 3.8) is 0 Å². The standard InChI is InChI=1S/C18H24N2/c1-5-20(6-2)18-9-7-8-16(14-18)15-10-12-17(13-11-15)19(3)4/h7-14H,5-6H2,1-4H3. The van der Waals surface area contributed by atoms with E-state index in [-0.39, 0.29) is 0 Å². The highest BCUT2D eigenvalue weighted by Crippen LogP contribution is 2.26. The predicted octanol–water partition coefficient (Wildman–Crippen LogP) is 4.27. The number of benzene rings is 2. The third kappa shape index (κ3) is 3.13. The molecule has 2 nitrogen and oxygen atoms in total. The third-order valence-corrected chi connectivity index (χ3v) is 3.69. The molecule has 0 N–H and O–H groups in total. The van der Waals surface area contributed by atoms with E-state index in [1.165, 1.54) is 22.5 Å². The second kappa shape index (κ2) is 6.47. The molecule has 0 atom stereocenters. The average molecular weight is 268 g/mol. The highest BCUT2D eigenvalue weighted by molar-refractivity contribution is 5.70. The largest absolute Gasteiger partial charge is 0.378 e. The topological polar surface area (TPSA) is 6.48 Å². The third-order valence-electron chi connectivity index (χ3n) is 3.69. The van der Waals surface area contributed by atoms with E-state index in [9.17, 15) is 0 Å². The van der Waals surface area contributed by atoms with Crippen molar-refractivity contribution in [3.05, 3.63) is 48.5 Å². The van der Waals surface area contributed by atoms with Crippen LogP contribution in [0.1, 0.15) is 13.8 Å². The molecule has 20 heavy (non-hydrogen) atoms. The van der Waals surface area contributed by atoms with Crippen LogP contribution in [0.15, 0.2) is 48.5 Å². The smallest absolute Gasteiger partial charge is 0.0372 e. The second-order valence-corrected chi connectivity index (χ2v) is 5.16. The van der Waals surface area contributed by atoms with Crippen molar-refractivity contribution >= 4 is 11.4 Å². The Kier molecular flexibility index (Phi) is 4.67. The monoisotopic (exact) mass is 268 g/mol. The first-order chi connectivity index (χ1) is 9.65. The Morgan fingerprint density at radius 1 is 0.750 bits per heavy atom. The molecule has 2 rings (SSSR count). The normalized spacial score (nSPS) is 10.4. The van der Waals surface area contributed by atoms with Gasteiger partial charge >= 0.3 is 0 Å². The zero-order chi connectivity index (χ0) is 14.5. The van der Waals surface area contributed by atoms with Crippen LogP contribution in [0.3, 0.4) is 0 Å². The minimum Gasteiger partial charge on any atom is -0.378 e. The summed E-state index contributed by atoms with van der Waals surface area (Å²) >= 11 is 0. The SMILES string of the molecule is CCN(CC)c1cccc(-c2ccc(N(C)C)cc2)c1. The first-order valence-electron chi connectivity index (χ1n) is 7.28. The minimum atomic E-state index is 1.04. The maximum atomic E-state index is 2.37. The van der Waals surface area contributed by atoms with Crippen LogP contribution in [0, 0.1) is 0 Å². The summed E-state index contributed by atoms with van der Waals surface area (Å²) in [6, 6.07) is 17.5. The predicted molar refractivity (Wildman–Crippen MR) is 89.8 cm³/mol. The summed E-state index contributed by atoms with van der Waals surface area (Å²) in [5.74, 6) is 0. The van der Waals surface area contributed by atoms with Gasteiger partial charge in [0.05, 0.1) is 0 Å². The highest BCUT2D eigenvalue weighted by atomic mass is 15.1. The molecule has 0 aliphatic rings. The van der Waals surface area contributed by atoms with Gasteiger partial charge < -0.3 is 9.80 Å². The molecule has 0 saturated carbocycles. The molecular formula is C18H24N2. The van der Waals surface area contributed by atoms with E-state index in [2.05, 4.69) is 86.3 Å². The molecule has 0 amide bonds. The van der Waals surface area contributed by atoms with Crippen molar-refractivity contribution in [2.45, 2.75) is 13.8 Å². The van der Waals surface area contributed by atoms with Crippen LogP contribution in [0.2, 0.25) is 0 Å². The van der Waals surface area contributed by atoms with Crippen molar-refractivity contribution in [2.24, 2.45) is 0 Å². The van der Waals surface area contributed by atoms with E-state index in [0.717, 1.165) is 13.1 Å². The second-order valence-electron chi connectivity index (χ2n) is 5.16. The van der Waals surface area contributed by atoms with Crippen LogP contribution < -0.4 is 9.80 Å². The van der Waals surface area contributed by atoms with Crippen molar-refractivity contribution in [1.82, 2.24) is 0 Å². The highest BCUT2D eigenvalue weighted by Gasteiger charge is 2.04. The molecule has 0 saturated heterocycles. The van der Waals surface area contributed by atoms with Gasteiger partial charge in [-0.2, -0.15) is 0 Å². The molecule has 0 radical (unpaired) electrons. The molecular weight excluding hydrogens is 244 g/mol. The minimum absolute atomic E-state index is 1.04. The lowest BCUT2D eigenvalue weighted by Gasteiger charge is -2.21. The number of hydrogen-bond acceptors (Lipinski definition) is 2. The van der Waals surface area contributed by atoms with Crippen LogP contribution in [0.25, 0.3) is 11.1 Å². The number of nitrogens with zero attached hydrogens (tertiary/aromatic N) is 2. The van der Waals surface area contributed by atoms with Crippen molar-refractivity contribution in [3.8, 4) is 11.1 Å². The maximum Gasteiger partial charge on any atom is 0.0372 e. The quantitative estimate of drug-likeness (QED) is 0.799. The summed E-state index contributed by atoms with van der Waals surface area (Å²) < 4.78 is 0. The summed E-state index contributed by atoms with van der Waals surface area (Å²) in [5.41, 5.74) is 5.07. The molecule has 0 heterocycles. The molecule has 0 aliphatic carbocycles. The molecule has 0 unspecified atom stereocenters. The first-order valence-corrected chi connectivity index (χ1v) is 7.28. The summed E-state index contributed by atoms with van der Waals surface area (Å²) in [6.45, 7) is 6.48. The van der Waals surface area contributed by atoms with Crippen LogP contribution in [0.5, 0.6) is 0 Å². The van der Waals surface area contributed by atoms with Crippen molar-refractivity contribution in [2.75, 3.05) is 37.0 Å². The van der Waals surface area contributed by atoms with Gasteiger partial charge in [-0.1, -0.05) is 24.3 Å². The van der Waals surface area contributed by atoms with Crippen LogP contribution in [-0.4, -0.2) is 27.2 Å². The zero-order valence-corrected chi connectivity index (χ0v) is 12.9. The van der Waals surface area contributed by atoms with E-state index in [1.54, 1.807) is 0 Å². The molecule has 0 bridgehead atoms. The van der Waals surface area contributed by atoms with Gasteiger partial charge in [0.15, 0.2) is 0 Å². The Morgan fingerprint density at radius 2 is 1.40 bits per heavy atom. The Balaban J connectivity index is 2.30.